The predicted molar refractivity (Wildman–Crippen MR) is 61.3 cm³/mol. The first-order chi connectivity index (χ1) is 9.77. The molecule has 1 amide bonds. The molecule has 0 atom stereocenters. The van der Waals surface area contributed by atoms with Crippen LogP contribution < -0.4 is 5.32 Å². The maximum absolute atomic E-state index is 13.2. The van der Waals surface area contributed by atoms with E-state index in [-0.39, 0.29) is 5.56 Å². The molecule has 2 aromatic rings. The first-order valence-corrected chi connectivity index (χ1v) is 5.44. The van der Waals surface area contributed by atoms with Crippen LogP contribution in [-0.2, 0) is 6.18 Å². The number of aromatic nitrogens is 2. The van der Waals surface area contributed by atoms with Gasteiger partial charge in [-0.15, -0.1) is 0 Å². The molecule has 0 aliphatic carbocycles. The molecule has 2 rings (SSSR count). The van der Waals surface area contributed by atoms with Gasteiger partial charge in [0, 0.05) is 6.20 Å². The second-order valence-electron chi connectivity index (χ2n) is 3.86. The maximum atomic E-state index is 13.2. The molecule has 110 valence electrons. The summed E-state index contributed by atoms with van der Waals surface area (Å²) in [6, 6.07) is 3.27. The van der Waals surface area contributed by atoms with Gasteiger partial charge in [0.05, 0.1) is 11.3 Å². The lowest BCUT2D eigenvalue weighted by atomic mass is 10.2. The van der Waals surface area contributed by atoms with E-state index < -0.39 is 35.4 Å². The fourth-order valence-corrected chi connectivity index (χ4v) is 1.40. The number of rotatable bonds is 2. The normalized spacial score (nSPS) is 11.3. The molecule has 0 bridgehead atoms. The minimum Gasteiger partial charge on any atom is -0.318 e. The van der Waals surface area contributed by atoms with E-state index >= 15 is 0 Å². The number of hydrogen-bond acceptors (Lipinski definition) is 3. The number of hydrogen-bond donors (Lipinski definition) is 1. The van der Waals surface area contributed by atoms with Gasteiger partial charge in [0.1, 0.15) is 5.69 Å². The van der Waals surface area contributed by atoms with Crippen LogP contribution in [0.25, 0.3) is 0 Å². The number of nitrogens with zero attached hydrogens (tertiary/aromatic N) is 2. The number of carbonyl (C=O) groups is 1. The van der Waals surface area contributed by atoms with E-state index in [9.17, 15) is 26.7 Å². The van der Waals surface area contributed by atoms with Crippen molar-refractivity contribution in [1.82, 2.24) is 9.97 Å². The lowest BCUT2D eigenvalue weighted by Crippen LogP contribution is -2.15. The molecule has 4 nitrogen and oxygen atoms in total. The molecule has 0 radical (unpaired) electrons. The summed E-state index contributed by atoms with van der Waals surface area (Å²) < 4.78 is 62.7. The van der Waals surface area contributed by atoms with E-state index in [1.165, 1.54) is 0 Å². The van der Waals surface area contributed by atoms with Gasteiger partial charge in [-0.2, -0.15) is 26.9 Å². The lowest BCUT2D eigenvalue weighted by Gasteiger charge is -2.07. The molecule has 9 heteroatoms. The highest BCUT2D eigenvalue weighted by Crippen LogP contribution is 2.27. The Hall–Kier alpha value is -2.58. The molecule has 1 N–H and O–H groups in total. The number of halogens is 5. The third-order valence-corrected chi connectivity index (χ3v) is 2.38. The largest absolute Gasteiger partial charge is 0.433 e. The summed E-state index contributed by atoms with van der Waals surface area (Å²) in [6.45, 7) is 0. The SMILES string of the molecule is O=C(Nc1ccc(F)nc1F)c1ccc(C(F)(F)F)nc1. The average Bonchev–Trinajstić information content (AvgIpc) is 2.41. The number of anilines is 1. The molecule has 0 aliphatic heterocycles. The van der Waals surface area contributed by atoms with E-state index in [0.29, 0.717) is 12.3 Å². The summed E-state index contributed by atoms with van der Waals surface area (Å²) in [7, 11) is 0. The number of alkyl halides is 3. The molecule has 0 saturated carbocycles. The predicted octanol–water partition coefficient (Wildman–Crippen LogP) is 3.03. The van der Waals surface area contributed by atoms with Gasteiger partial charge >= 0.3 is 6.18 Å². The van der Waals surface area contributed by atoms with Crippen LogP contribution in [0, 0.1) is 11.9 Å². The van der Waals surface area contributed by atoms with Crippen molar-refractivity contribution in [3.05, 3.63) is 53.6 Å². The quantitative estimate of drug-likeness (QED) is 0.685. The molecule has 0 spiro atoms. The third-order valence-electron chi connectivity index (χ3n) is 2.38. The lowest BCUT2D eigenvalue weighted by molar-refractivity contribution is -0.141. The van der Waals surface area contributed by atoms with Crippen LogP contribution in [0.15, 0.2) is 30.5 Å². The summed E-state index contributed by atoms with van der Waals surface area (Å²) in [5, 5.41) is 2.05. The summed E-state index contributed by atoms with van der Waals surface area (Å²) in [5.74, 6) is -3.21. The van der Waals surface area contributed by atoms with Gasteiger partial charge < -0.3 is 5.32 Å². The Labute approximate surface area is 114 Å². The van der Waals surface area contributed by atoms with Gasteiger partial charge in [0.2, 0.25) is 11.9 Å². The average molecular weight is 303 g/mol. The van der Waals surface area contributed by atoms with Crippen LogP contribution >= 0.6 is 0 Å². The molecule has 21 heavy (non-hydrogen) atoms. The van der Waals surface area contributed by atoms with Gasteiger partial charge in [-0.3, -0.25) is 9.78 Å². The Morgan fingerprint density at radius 3 is 2.33 bits per heavy atom. The summed E-state index contributed by atoms with van der Waals surface area (Å²) >= 11 is 0. The van der Waals surface area contributed by atoms with Gasteiger partial charge in [0.15, 0.2) is 0 Å². The first kappa shape index (κ1) is 14.8. The van der Waals surface area contributed by atoms with E-state index in [4.69, 9.17) is 0 Å². The van der Waals surface area contributed by atoms with Crippen LogP contribution in [0.2, 0.25) is 0 Å². The fraction of sp³-hybridized carbons (Fsp3) is 0.0833. The number of amides is 1. The summed E-state index contributed by atoms with van der Waals surface area (Å²) in [4.78, 5) is 17.6. The van der Waals surface area contributed by atoms with Gasteiger partial charge in [-0.05, 0) is 24.3 Å². The molecule has 2 aromatic heterocycles. The molecular weight excluding hydrogens is 297 g/mol. The standard InChI is InChI=1S/C12H6F5N3O/c13-9-4-2-7(10(14)20-9)19-11(21)6-1-3-8(18-5-6)12(15,16)17/h1-5H,(H,19,21). The Bertz CT molecular complexity index is 670. The van der Waals surface area contributed by atoms with Crippen molar-refractivity contribution >= 4 is 11.6 Å². The molecule has 2 heterocycles. The highest BCUT2D eigenvalue weighted by atomic mass is 19.4. The van der Waals surface area contributed by atoms with Gasteiger partial charge in [0.25, 0.3) is 5.91 Å². The van der Waals surface area contributed by atoms with Gasteiger partial charge in [-0.25, -0.2) is 0 Å². The second-order valence-corrected chi connectivity index (χ2v) is 3.86. The maximum Gasteiger partial charge on any atom is 0.433 e. The van der Waals surface area contributed by atoms with Gasteiger partial charge in [-0.1, -0.05) is 0 Å². The van der Waals surface area contributed by atoms with E-state index in [0.717, 1.165) is 18.2 Å². The number of nitrogens with one attached hydrogen (secondary N) is 1. The monoisotopic (exact) mass is 303 g/mol. The van der Waals surface area contributed by atoms with Crippen LogP contribution in [0.1, 0.15) is 16.1 Å². The minimum absolute atomic E-state index is 0.216. The zero-order valence-electron chi connectivity index (χ0n) is 10.1. The van der Waals surface area contributed by atoms with Crippen molar-refractivity contribution in [1.29, 1.82) is 0 Å². The highest BCUT2D eigenvalue weighted by molar-refractivity contribution is 6.04. The Balaban J connectivity index is 2.17. The molecule has 0 fully saturated rings. The van der Waals surface area contributed by atoms with Crippen molar-refractivity contribution < 1.29 is 26.7 Å². The minimum atomic E-state index is -4.62. The van der Waals surface area contributed by atoms with Crippen LogP contribution in [0.3, 0.4) is 0 Å². The Morgan fingerprint density at radius 2 is 1.81 bits per heavy atom. The molecule has 0 aliphatic rings. The smallest absolute Gasteiger partial charge is 0.318 e. The molecular formula is C12H6F5N3O. The van der Waals surface area contributed by atoms with Crippen molar-refractivity contribution in [2.75, 3.05) is 5.32 Å². The summed E-state index contributed by atoms with van der Waals surface area (Å²) in [5.41, 5.74) is -1.78. The highest BCUT2D eigenvalue weighted by Gasteiger charge is 2.32. The molecule has 0 saturated heterocycles. The van der Waals surface area contributed by atoms with E-state index in [1.807, 2.05) is 5.32 Å². The zero-order valence-corrected chi connectivity index (χ0v) is 10.1. The first-order valence-electron chi connectivity index (χ1n) is 5.44. The molecule has 0 unspecified atom stereocenters. The van der Waals surface area contributed by atoms with Crippen LogP contribution in [0.5, 0.6) is 0 Å². The topological polar surface area (TPSA) is 54.9 Å². The Kier molecular flexibility index (Phi) is 3.83. The van der Waals surface area contributed by atoms with Crippen molar-refractivity contribution in [2.24, 2.45) is 0 Å². The van der Waals surface area contributed by atoms with E-state index in [1.54, 1.807) is 0 Å². The van der Waals surface area contributed by atoms with E-state index in [2.05, 4.69) is 9.97 Å². The second kappa shape index (κ2) is 5.43. The Morgan fingerprint density at radius 1 is 1.10 bits per heavy atom. The summed E-state index contributed by atoms with van der Waals surface area (Å²) in [6.07, 6.45) is -3.92. The number of carbonyl (C=O) groups excluding carboxylic acids is 1. The zero-order chi connectivity index (χ0) is 15.6. The van der Waals surface area contributed by atoms with Crippen LogP contribution in [-0.4, -0.2) is 15.9 Å². The van der Waals surface area contributed by atoms with Crippen LogP contribution in [0.4, 0.5) is 27.6 Å². The van der Waals surface area contributed by atoms with Crippen molar-refractivity contribution in [3.63, 3.8) is 0 Å². The number of pyridine rings is 2. The molecule has 0 aromatic carbocycles. The third kappa shape index (κ3) is 3.50. The van der Waals surface area contributed by atoms with Crippen molar-refractivity contribution in [3.8, 4) is 0 Å². The fourth-order valence-electron chi connectivity index (χ4n) is 1.40. The van der Waals surface area contributed by atoms with Crippen molar-refractivity contribution in [2.45, 2.75) is 6.18 Å².